The van der Waals surface area contributed by atoms with E-state index >= 15 is 0 Å². The van der Waals surface area contributed by atoms with E-state index in [0.29, 0.717) is 12.6 Å². The molecular formula is C6H13NO2. The van der Waals surface area contributed by atoms with Crippen molar-refractivity contribution in [2.24, 2.45) is 0 Å². The van der Waals surface area contributed by atoms with Crippen molar-refractivity contribution in [2.75, 3.05) is 6.61 Å². The van der Waals surface area contributed by atoms with Gasteiger partial charge in [-0.3, -0.25) is 0 Å². The van der Waals surface area contributed by atoms with Crippen molar-refractivity contribution < 1.29 is 9.84 Å². The fourth-order valence-corrected chi connectivity index (χ4v) is 0.966. The third-order valence-electron chi connectivity index (χ3n) is 1.49. The van der Waals surface area contributed by atoms with Gasteiger partial charge in [-0.25, -0.2) is 0 Å². The molecule has 1 fully saturated rings. The summed E-state index contributed by atoms with van der Waals surface area (Å²) < 4.78 is 5.00. The molecule has 1 saturated heterocycles. The molecule has 0 aromatic rings. The van der Waals surface area contributed by atoms with Crippen LogP contribution in [-0.2, 0) is 4.74 Å². The lowest BCUT2D eigenvalue weighted by molar-refractivity contribution is -0.146. The highest BCUT2D eigenvalue weighted by Crippen LogP contribution is 2.03. The predicted octanol–water partition coefficient (Wildman–Crippen LogP) is -0.298. The van der Waals surface area contributed by atoms with Gasteiger partial charge in [0.25, 0.3) is 0 Å². The van der Waals surface area contributed by atoms with Crippen molar-refractivity contribution in [1.29, 1.82) is 0 Å². The highest BCUT2D eigenvalue weighted by atomic mass is 16.6. The lowest BCUT2D eigenvalue weighted by Gasteiger charge is -2.30. The number of aliphatic hydroxyl groups is 1. The minimum atomic E-state index is -0.624. The van der Waals surface area contributed by atoms with Gasteiger partial charge in [-0.1, -0.05) is 0 Å². The zero-order valence-corrected chi connectivity index (χ0v) is 5.79. The molecule has 1 aliphatic heterocycles. The Balaban J connectivity index is 2.35. The van der Waals surface area contributed by atoms with E-state index in [2.05, 4.69) is 5.32 Å². The summed E-state index contributed by atoms with van der Waals surface area (Å²) in [4.78, 5) is 0. The third-order valence-corrected chi connectivity index (χ3v) is 1.49. The summed E-state index contributed by atoms with van der Waals surface area (Å²) in [5, 5.41) is 12.2. The zero-order valence-electron chi connectivity index (χ0n) is 5.79. The number of morpholine rings is 1. The molecular weight excluding hydrogens is 118 g/mol. The summed E-state index contributed by atoms with van der Waals surface area (Å²) in [6, 6.07) is 0.428. The Morgan fingerprint density at radius 1 is 1.56 bits per heavy atom. The molecule has 3 nitrogen and oxygen atoms in total. The molecule has 1 heterocycles. The molecule has 9 heavy (non-hydrogen) atoms. The summed E-state index contributed by atoms with van der Waals surface area (Å²) >= 11 is 0. The van der Waals surface area contributed by atoms with E-state index in [9.17, 15) is 0 Å². The Morgan fingerprint density at radius 2 is 2.22 bits per heavy atom. The standard InChI is InChI=1S/C6H13NO2/c1-4-3-9-6(8)5(2)7-4/h4-8H,3H2,1-2H3. The summed E-state index contributed by atoms with van der Waals surface area (Å²) in [6.45, 7) is 4.54. The lowest BCUT2D eigenvalue weighted by atomic mass is 10.2. The number of hydrogen-bond acceptors (Lipinski definition) is 3. The van der Waals surface area contributed by atoms with Crippen LogP contribution in [0, 0.1) is 0 Å². The number of rotatable bonds is 0. The highest BCUT2D eigenvalue weighted by Gasteiger charge is 2.22. The van der Waals surface area contributed by atoms with Crippen LogP contribution in [0.25, 0.3) is 0 Å². The summed E-state index contributed by atoms with van der Waals surface area (Å²) in [5.41, 5.74) is 0. The normalized spacial score (nSPS) is 45.0. The lowest BCUT2D eigenvalue weighted by Crippen LogP contribution is -2.51. The molecule has 0 spiro atoms. The first-order chi connectivity index (χ1) is 4.20. The van der Waals surface area contributed by atoms with Crippen LogP contribution in [0.5, 0.6) is 0 Å². The number of ether oxygens (including phenoxy) is 1. The summed E-state index contributed by atoms with van der Waals surface area (Å²) in [6.07, 6.45) is -0.624. The molecule has 54 valence electrons. The van der Waals surface area contributed by atoms with Crippen LogP contribution in [0.2, 0.25) is 0 Å². The van der Waals surface area contributed by atoms with Gasteiger partial charge < -0.3 is 15.2 Å². The Morgan fingerprint density at radius 3 is 2.67 bits per heavy atom. The topological polar surface area (TPSA) is 41.5 Å². The van der Waals surface area contributed by atoms with E-state index < -0.39 is 6.29 Å². The van der Waals surface area contributed by atoms with E-state index in [4.69, 9.17) is 9.84 Å². The Labute approximate surface area is 55.0 Å². The van der Waals surface area contributed by atoms with Crippen molar-refractivity contribution >= 4 is 0 Å². The van der Waals surface area contributed by atoms with Crippen LogP contribution in [-0.4, -0.2) is 30.1 Å². The van der Waals surface area contributed by atoms with Crippen molar-refractivity contribution in [3.63, 3.8) is 0 Å². The van der Waals surface area contributed by atoms with Crippen LogP contribution in [0.3, 0.4) is 0 Å². The summed E-state index contributed by atoms with van der Waals surface area (Å²) in [7, 11) is 0. The molecule has 1 aliphatic rings. The maximum Gasteiger partial charge on any atom is 0.169 e. The van der Waals surface area contributed by atoms with Gasteiger partial charge in [0.2, 0.25) is 0 Å². The molecule has 3 heteroatoms. The maximum atomic E-state index is 9.01. The van der Waals surface area contributed by atoms with Crippen LogP contribution in [0.4, 0.5) is 0 Å². The van der Waals surface area contributed by atoms with Gasteiger partial charge in [-0.2, -0.15) is 0 Å². The minimum Gasteiger partial charge on any atom is -0.367 e. The van der Waals surface area contributed by atoms with Gasteiger partial charge in [0.15, 0.2) is 6.29 Å². The van der Waals surface area contributed by atoms with Crippen molar-refractivity contribution in [3.8, 4) is 0 Å². The van der Waals surface area contributed by atoms with Crippen molar-refractivity contribution in [2.45, 2.75) is 32.2 Å². The first-order valence-corrected chi connectivity index (χ1v) is 3.26. The molecule has 0 amide bonds. The van der Waals surface area contributed by atoms with Gasteiger partial charge in [-0.15, -0.1) is 0 Å². The molecule has 0 radical (unpaired) electrons. The number of nitrogens with one attached hydrogen (secondary N) is 1. The highest BCUT2D eigenvalue weighted by molar-refractivity contribution is 4.74. The predicted molar refractivity (Wildman–Crippen MR) is 34.0 cm³/mol. The van der Waals surface area contributed by atoms with E-state index in [1.54, 1.807) is 0 Å². The second-order valence-electron chi connectivity index (χ2n) is 2.58. The Kier molecular flexibility index (Phi) is 2.05. The molecule has 1 rings (SSSR count). The molecule has 0 aliphatic carbocycles. The first-order valence-electron chi connectivity index (χ1n) is 3.26. The van der Waals surface area contributed by atoms with Crippen molar-refractivity contribution in [1.82, 2.24) is 5.32 Å². The monoisotopic (exact) mass is 131 g/mol. The molecule has 3 atom stereocenters. The zero-order chi connectivity index (χ0) is 6.85. The van der Waals surface area contributed by atoms with Gasteiger partial charge in [0, 0.05) is 6.04 Å². The molecule has 0 aromatic carbocycles. The average Bonchev–Trinajstić information content (AvgIpc) is 1.80. The molecule has 0 bridgehead atoms. The van der Waals surface area contributed by atoms with Crippen LogP contribution >= 0.6 is 0 Å². The van der Waals surface area contributed by atoms with Crippen LogP contribution in [0.1, 0.15) is 13.8 Å². The first kappa shape index (κ1) is 6.99. The number of aliphatic hydroxyl groups excluding tert-OH is 1. The second-order valence-corrected chi connectivity index (χ2v) is 2.58. The minimum absolute atomic E-state index is 0.0637. The molecule has 3 unspecified atom stereocenters. The fraction of sp³-hybridized carbons (Fsp3) is 1.00. The van der Waals surface area contributed by atoms with Gasteiger partial charge in [0.05, 0.1) is 12.6 Å². The molecule has 0 aromatic heterocycles. The SMILES string of the molecule is CC1COC(O)C(C)N1. The van der Waals surface area contributed by atoms with Crippen LogP contribution < -0.4 is 5.32 Å². The summed E-state index contributed by atoms with van der Waals surface area (Å²) in [5.74, 6) is 0. The second kappa shape index (κ2) is 2.64. The molecule has 0 saturated carbocycles. The largest absolute Gasteiger partial charge is 0.367 e. The Hall–Kier alpha value is -0.120. The third kappa shape index (κ3) is 1.64. The van der Waals surface area contributed by atoms with Gasteiger partial charge in [-0.05, 0) is 13.8 Å². The fourth-order valence-electron chi connectivity index (χ4n) is 0.966. The van der Waals surface area contributed by atoms with E-state index in [1.165, 1.54) is 0 Å². The molecule has 2 N–H and O–H groups in total. The smallest absolute Gasteiger partial charge is 0.169 e. The number of hydrogen-bond donors (Lipinski definition) is 2. The van der Waals surface area contributed by atoms with Crippen molar-refractivity contribution in [3.05, 3.63) is 0 Å². The van der Waals surface area contributed by atoms with Crippen LogP contribution in [0.15, 0.2) is 0 Å². The quantitative estimate of drug-likeness (QED) is 0.474. The average molecular weight is 131 g/mol. The van der Waals surface area contributed by atoms with E-state index in [0.717, 1.165) is 0 Å². The maximum absolute atomic E-state index is 9.01. The van der Waals surface area contributed by atoms with Gasteiger partial charge in [0.1, 0.15) is 0 Å². The van der Waals surface area contributed by atoms with Gasteiger partial charge >= 0.3 is 0 Å². The Bertz CT molecular complexity index is 97.1. The van der Waals surface area contributed by atoms with E-state index in [-0.39, 0.29) is 6.04 Å². The van der Waals surface area contributed by atoms with E-state index in [1.807, 2.05) is 13.8 Å².